The number of furan rings is 1. The number of likely N-dealkylation sites (tertiary alicyclic amines) is 1. The quantitative estimate of drug-likeness (QED) is 0.215. The van der Waals surface area contributed by atoms with Crippen LogP contribution in [-0.2, 0) is 11.3 Å². The number of nitrogen functional groups attached to an aromatic ring is 1. The lowest BCUT2D eigenvalue weighted by molar-refractivity contribution is 0.0124. The number of carbonyl (C=O) groups is 1. The Morgan fingerprint density at radius 2 is 1.84 bits per heavy atom. The minimum absolute atomic E-state index is 0.180. The molecule has 4 heterocycles. The summed E-state index contributed by atoms with van der Waals surface area (Å²) < 4.78 is 26.0. The molecule has 3 aromatic heterocycles. The molecule has 232 valence electrons. The topological polar surface area (TPSA) is 129 Å². The molecule has 1 amide bonds. The molecular weight excluding hydrogens is 570 g/mol. The van der Waals surface area contributed by atoms with E-state index in [9.17, 15) is 10.1 Å². The third kappa shape index (κ3) is 5.74. The van der Waals surface area contributed by atoms with Gasteiger partial charge in [0.05, 0.1) is 22.7 Å². The van der Waals surface area contributed by atoms with Crippen LogP contribution >= 0.6 is 0 Å². The Morgan fingerprint density at radius 1 is 1.11 bits per heavy atom. The van der Waals surface area contributed by atoms with Gasteiger partial charge in [-0.05, 0) is 57.9 Å². The molecular formula is C35H37N5O5. The number of benzene rings is 2. The van der Waals surface area contributed by atoms with Gasteiger partial charge in [-0.15, -0.1) is 0 Å². The van der Waals surface area contributed by atoms with Crippen molar-refractivity contribution in [2.45, 2.75) is 65.8 Å². The van der Waals surface area contributed by atoms with Gasteiger partial charge >= 0.3 is 6.09 Å². The standard InChI is InChI=1S/C35H37N5O5/c1-21-11-12-27(43-20-23-9-7-6-8-10-23)22(2)29(21)40-31(37)26(19-36)28-30-25(15-18-42-30)33(38-32(28)40)44-24-13-16-39(17-14-24)34(41)45-35(3,4)5/h6-12,15,18,24H,13-14,16-17,20,37H2,1-5H3. The molecule has 1 fully saturated rings. The fourth-order valence-corrected chi connectivity index (χ4v) is 5.85. The smallest absolute Gasteiger partial charge is 0.410 e. The van der Waals surface area contributed by atoms with E-state index in [0.717, 1.165) is 22.4 Å². The molecule has 2 N–H and O–H groups in total. The number of hydrogen-bond acceptors (Lipinski definition) is 8. The molecule has 2 aromatic carbocycles. The van der Waals surface area contributed by atoms with Gasteiger partial charge in [0.25, 0.3) is 0 Å². The van der Waals surface area contributed by atoms with Crippen molar-refractivity contribution in [1.29, 1.82) is 5.26 Å². The summed E-state index contributed by atoms with van der Waals surface area (Å²) in [5.41, 5.74) is 11.0. The molecule has 0 saturated carbocycles. The van der Waals surface area contributed by atoms with E-state index >= 15 is 0 Å². The van der Waals surface area contributed by atoms with Gasteiger partial charge in [0.15, 0.2) is 11.2 Å². The average Bonchev–Trinajstić information content (AvgIpc) is 3.60. The zero-order chi connectivity index (χ0) is 31.9. The van der Waals surface area contributed by atoms with Gasteiger partial charge in [-0.3, -0.25) is 4.57 Å². The number of rotatable bonds is 6. The van der Waals surface area contributed by atoms with Crippen molar-refractivity contribution in [3.8, 4) is 23.4 Å². The predicted octanol–water partition coefficient (Wildman–Crippen LogP) is 7.20. The van der Waals surface area contributed by atoms with Crippen molar-refractivity contribution >= 4 is 33.9 Å². The van der Waals surface area contributed by atoms with Gasteiger partial charge < -0.3 is 29.3 Å². The summed E-state index contributed by atoms with van der Waals surface area (Å²) in [6.45, 7) is 11.0. The van der Waals surface area contributed by atoms with E-state index in [4.69, 9.17) is 29.3 Å². The first-order valence-electron chi connectivity index (χ1n) is 15.1. The van der Waals surface area contributed by atoms with Crippen molar-refractivity contribution in [2.24, 2.45) is 0 Å². The summed E-state index contributed by atoms with van der Waals surface area (Å²) in [6, 6.07) is 17.9. The summed E-state index contributed by atoms with van der Waals surface area (Å²) in [4.78, 5) is 19.3. The Labute approximate surface area is 261 Å². The molecule has 1 aliphatic rings. The second-order valence-electron chi connectivity index (χ2n) is 12.4. The number of hydrogen-bond donors (Lipinski definition) is 1. The lowest BCUT2D eigenvalue weighted by atomic mass is 10.1. The number of amides is 1. The molecule has 0 radical (unpaired) electrons. The fourth-order valence-electron chi connectivity index (χ4n) is 5.85. The summed E-state index contributed by atoms with van der Waals surface area (Å²) >= 11 is 0. The van der Waals surface area contributed by atoms with Crippen LogP contribution in [-0.4, -0.2) is 45.3 Å². The van der Waals surface area contributed by atoms with E-state index in [1.165, 1.54) is 0 Å². The third-order valence-electron chi connectivity index (χ3n) is 8.04. The Balaban J connectivity index is 1.37. The van der Waals surface area contributed by atoms with E-state index in [0.29, 0.717) is 66.2 Å². The summed E-state index contributed by atoms with van der Waals surface area (Å²) in [5, 5.41) is 11.4. The minimum Gasteiger partial charge on any atom is -0.489 e. The van der Waals surface area contributed by atoms with Crippen molar-refractivity contribution in [3.05, 3.63) is 77.0 Å². The van der Waals surface area contributed by atoms with E-state index in [-0.39, 0.29) is 23.6 Å². The first-order chi connectivity index (χ1) is 21.6. The van der Waals surface area contributed by atoms with Gasteiger partial charge in [-0.1, -0.05) is 36.4 Å². The Bertz CT molecular complexity index is 1920. The van der Waals surface area contributed by atoms with Crippen LogP contribution in [0.3, 0.4) is 0 Å². The second-order valence-corrected chi connectivity index (χ2v) is 12.4. The van der Waals surface area contributed by atoms with Gasteiger partial charge in [0, 0.05) is 31.5 Å². The van der Waals surface area contributed by atoms with Gasteiger partial charge in [-0.25, -0.2) is 4.79 Å². The zero-order valence-corrected chi connectivity index (χ0v) is 26.2. The van der Waals surface area contributed by atoms with E-state index in [2.05, 4.69) is 6.07 Å². The minimum atomic E-state index is -0.556. The van der Waals surface area contributed by atoms with Crippen LogP contribution in [0.4, 0.5) is 10.6 Å². The number of nitrogens with two attached hydrogens (primary N) is 1. The molecule has 0 unspecified atom stereocenters. The average molecular weight is 608 g/mol. The van der Waals surface area contributed by atoms with E-state index in [1.54, 1.807) is 21.8 Å². The highest BCUT2D eigenvalue weighted by Crippen LogP contribution is 2.41. The number of aryl methyl sites for hydroxylation is 1. The first-order valence-corrected chi connectivity index (χ1v) is 15.1. The Kier molecular flexibility index (Phi) is 7.79. The zero-order valence-electron chi connectivity index (χ0n) is 26.2. The third-order valence-corrected chi connectivity index (χ3v) is 8.04. The molecule has 0 atom stereocenters. The van der Waals surface area contributed by atoms with Crippen molar-refractivity contribution in [1.82, 2.24) is 14.5 Å². The summed E-state index contributed by atoms with van der Waals surface area (Å²) in [7, 11) is 0. The van der Waals surface area contributed by atoms with Crippen molar-refractivity contribution in [2.75, 3.05) is 18.8 Å². The molecule has 45 heavy (non-hydrogen) atoms. The van der Waals surface area contributed by atoms with Gasteiger partial charge in [-0.2, -0.15) is 10.2 Å². The number of nitrogens with zero attached hydrogens (tertiary/aromatic N) is 4. The fraction of sp³-hybridized carbons (Fsp3) is 0.343. The van der Waals surface area contributed by atoms with Crippen LogP contribution in [0.15, 0.2) is 59.2 Å². The van der Waals surface area contributed by atoms with Crippen molar-refractivity contribution < 1.29 is 23.4 Å². The van der Waals surface area contributed by atoms with Crippen LogP contribution in [0.5, 0.6) is 11.6 Å². The monoisotopic (exact) mass is 607 g/mol. The number of pyridine rings is 1. The van der Waals surface area contributed by atoms with Crippen molar-refractivity contribution in [3.63, 3.8) is 0 Å². The van der Waals surface area contributed by atoms with Crippen LogP contribution in [0.1, 0.15) is 55.9 Å². The molecule has 10 heteroatoms. The highest BCUT2D eigenvalue weighted by atomic mass is 16.6. The highest BCUT2D eigenvalue weighted by molar-refractivity contribution is 6.09. The lowest BCUT2D eigenvalue weighted by Gasteiger charge is -2.33. The van der Waals surface area contributed by atoms with E-state index in [1.807, 2.05) is 77.1 Å². The number of aromatic nitrogens is 2. The normalized spacial score (nSPS) is 14.1. The largest absolute Gasteiger partial charge is 0.489 e. The maximum atomic E-state index is 12.6. The highest BCUT2D eigenvalue weighted by Gasteiger charge is 2.30. The van der Waals surface area contributed by atoms with E-state index < -0.39 is 5.60 Å². The molecule has 1 saturated heterocycles. The molecule has 0 aliphatic carbocycles. The van der Waals surface area contributed by atoms with Crippen LogP contribution in [0.2, 0.25) is 0 Å². The molecule has 6 rings (SSSR count). The summed E-state index contributed by atoms with van der Waals surface area (Å²) in [5.74, 6) is 1.34. The Hall–Kier alpha value is -5.17. The number of anilines is 1. The number of nitriles is 1. The number of carbonyl (C=O) groups excluding carboxylic acids is 1. The maximum absolute atomic E-state index is 12.6. The molecule has 0 bridgehead atoms. The van der Waals surface area contributed by atoms with Crippen LogP contribution < -0.4 is 15.2 Å². The molecule has 10 nitrogen and oxygen atoms in total. The lowest BCUT2D eigenvalue weighted by Crippen LogP contribution is -2.44. The van der Waals surface area contributed by atoms with Crippen LogP contribution in [0.25, 0.3) is 27.7 Å². The second kappa shape index (κ2) is 11.7. The number of fused-ring (bicyclic) bond motifs is 3. The molecule has 1 aliphatic heterocycles. The SMILES string of the molecule is Cc1ccc(OCc2ccccc2)c(C)c1-n1c(N)c(C#N)c2c3occc3c(OC3CCN(C(=O)OC(C)(C)C)CC3)nc21. The molecule has 0 spiro atoms. The first kappa shape index (κ1) is 29.9. The van der Waals surface area contributed by atoms with Crippen LogP contribution in [0, 0.1) is 25.2 Å². The summed E-state index contributed by atoms with van der Waals surface area (Å²) in [6.07, 6.45) is 2.29. The maximum Gasteiger partial charge on any atom is 0.410 e. The molecule has 5 aromatic rings. The van der Waals surface area contributed by atoms with Gasteiger partial charge in [0.1, 0.15) is 41.5 Å². The number of ether oxygens (including phenoxy) is 3. The van der Waals surface area contributed by atoms with Gasteiger partial charge in [0.2, 0.25) is 5.88 Å². The Morgan fingerprint density at radius 3 is 2.53 bits per heavy atom. The predicted molar refractivity (Wildman–Crippen MR) is 172 cm³/mol. The number of piperidine rings is 1.